The van der Waals surface area contributed by atoms with Crippen molar-refractivity contribution < 1.29 is 9.47 Å². The normalized spacial score (nSPS) is 13.0. The zero-order valence-electron chi connectivity index (χ0n) is 63.4. The van der Waals surface area contributed by atoms with Gasteiger partial charge in [0.15, 0.2) is 0 Å². The fraction of sp³-hybridized carbons (Fsp3) is 0.0561. The van der Waals surface area contributed by atoms with Crippen molar-refractivity contribution in [2.75, 3.05) is 0 Å². The maximum absolute atomic E-state index is 7.12. The van der Waals surface area contributed by atoms with Crippen molar-refractivity contribution in [3.63, 3.8) is 0 Å². The standard InChI is InChI=1S/C107H75N5O2/c1-106(2)90-45-26-43-82(101(90)113-103-92(106)47-28-60-108-103)72-50-52-74(53-51-72)86-64-85(69-31-13-6-14-32-69)87(65-84(86)68-29-11-5-12-30-68)79-41-25-42-81(61-79)111-95-48-23-24-49-96(95)112-97-63-78(58-59-94(97)110-105(111)112)80-62-93-104(109-67-80)114-102-83(44-27-46-91(102)107(93,3)4)73-54-56-77(57-55-73)100-98(75-37-19-9-20-38-75)88(70-33-15-7-16-34-70)66-89(71-35-17-8-18-36-71)99(100)76-39-21-10-22-40-76/h5-67H,1-4H3. The monoisotopic (exact) mass is 1460 g/mol. The second kappa shape index (κ2) is 27.2. The fourth-order valence-electron chi connectivity index (χ4n) is 17.9. The molecule has 0 fully saturated rings. The van der Waals surface area contributed by atoms with Crippen LogP contribution in [-0.2, 0) is 10.8 Å². The van der Waals surface area contributed by atoms with Crippen molar-refractivity contribution in [1.29, 1.82) is 0 Å². The molecular weight excluding hydrogens is 1390 g/mol. The number of fused-ring (bicyclic) bond motifs is 9. The number of rotatable bonds is 13. The van der Waals surface area contributed by atoms with Gasteiger partial charge in [-0.2, -0.15) is 0 Å². The summed E-state index contributed by atoms with van der Waals surface area (Å²) in [5.41, 5.74) is 35.4. The number of hydrogen-bond donors (Lipinski definition) is 0. The van der Waals surface area contributed by atoms with Crippen LogP contribution in [0.5, 0.6) is 23.3 Å². The lowest BCUT2D eigenvalue weighted by Crippen LogP contribution is -2.25. The van der Waals surface area contributed by atoms with E-state index in [1.807, 2.05) is 12.3 Å². The highest BCUT2D eigenvalue weighted by Gasteiger charge is 2.39. The minimum absolute atomic E-state index is 0.283. The van der Waals surface area contributed by atoms with Crippen molar-refractivity contribution in [1.82, 2.24) is 23.9 Å². The third kappa shape index (κ3) is 11.3. The molecule has 19 aromatic rings. The average Bonchev–Trinajstić information content (AvgIpc) is 1.54. The summed E-state index contributed by atoms with van der Waals surface area (Å²) in [6.45, 7) is 9.10. The van der Waals surface area contributed by atoms with Crippen molar-refractivity contribution in [3.05, 3.63) is 405 Å². The van der Waals surface area contributed by atoms with Crippen LogP contribution >= 0.6 is 0 Å². The Morgan fingerprint density at radius 2 is 0.649 bits per heavy atom. The van der Waals surface area contributed by atoms with Gasteiger partial charge in [-0.05, 0) is 184 Å². The summed E-state index contributed by atoms with van der Waals surface area (Å²) < 4.78 is 18.4. The Kier molecular flexibility index (Phi) is 16.1. The van der Waals surface area contributed by atoms with Crippen LogP contribution in [0.15, 0.2) is 382 Å². The van der Waals surface area contributed by atoms with Crippen LogP contribution in [0.1, 0.15) is 49.9 Å². The van der Waals surface area contributed by atoms with Crippen LogP contribution in [0.25, 0.3) is 167 Å². The quantitative estimate of drug-likeness (QED) is 0.115. The fourth-order valence-corrected chi connectivity index (χ4v) is 17.9. The van der Waals surface area contributed by atoms with E-state index in [1.54, 1.807) is 6.20 Å². The zero-order chi connectivity index (χ0) is 76.2. The zero-order valence-corrected chi connectivity index (χ0v) is 63.4. The SMILES string of the molecule is CC1(C)c2cccnc2Oc2c(-c3ccc(-c4cc(-c5ccccc5)c(-c5cccc(-n6c7ccccc7n7c8cc(-c9cnc%10c(c9)C(C)(C)c9cccc(-c%11ccc(-c%12c(-c%13ccccc%13)c(-c%13ccccc%13)cc(-c%13ccccc%13)c%12-c%12ccccc%12)cc%11)c9O%10)ccc8nc67)c5)cc4-c4ccccc4)cc3)cccc21. The Bertz CT molecular complexity index is 6870. The Hall–Kier alpha value is -14.5. The highest BCUT2D eigenvalue weighted by molar-refractivity contribution is 6.08. The van der Waals surface area contributed by atoms with Crippen LogP contribution in [-0.4, -0.2) is 23.9 Å². The molecule has 0 amide bonds. The number of benzene rings is 15. The van der Waals surface area contributed by atoms with E-state index in [1.165, 1.54) is 27.8 Å². The molecule has 0 bridgehead atoms. The third-order valence-corrected chi connectivity index (χ3v) is 23.6. The molecule has 2 aliphatic heterocycles. The maximum Gasteiger partial charge on any atom is 0.223 e. The van der Waals surface area contributed by atoms with Crippen molar-refractivity contribution >= 4 is 27.8 Å². The molecule has 6 heterocycles. The summed E-state index contributed by atoms with van der Waals surface area (Å²) in [6, 6.07) is 134. The van der Waals surface area contributed by atoms with Gasteiger partial charge in [0.05, 0.1) is 22.1 Å². The molecule has 0 aliphatic carbocycles. The molecular formula is C107H75N5O2. The molecule has 114 heavy (non-hydrogen) atoms. The van der Waals surface area contributed by atoms with Crippen LogP contribution in [0, 0.1) is 0 Å². The molecule has 7 heteroatoms. The molecule has 0 spiro atoms. The van der Waals surface area contributed by atoms with Crippen LogP contribution in [0.2, 0.25) is 0 Å². The number of aromatic nitrogens is 5. The lowest BCUT2D eigenvalue weighted by atomic mass is 9.75. The first-order chi connectivity index (χ1) is 56.1. The molecule has 2 aliphatic rings. The van der Waals surface area contributed by atoms with Crippen molar-refractivity contribution in [2.24, 2.45) is 0 Å². The van der Waals surface area contributed by atoms with E-state index in [0.717, 1.165) is 173 Å². The van der Waals surface area contributed by atoms with E-state index >= 15 is 0 Å². The van der Waals surface area contributed by atoms with Gasteiger partial charge in [-0.1, -0.05) is 331 Å². The number of nitrogens with zero attached hydrogens (tertiary/aromatic N) is 5. The van der Waals surface area contributed by atoms with Gasteiger partial charge in [0.1, 0.15) is 11.5 Å². The second-order valence-electron chi connectivity index (χ2n) is 31.0. The summed E-state index contributed by atoms with van der Waals surface area (Å²) in [6.07, 6.45) is 3.77. The number of hydrogen-bond acceptors (Lipinski definition) is 5. The number of para-hydroxylation sites is 4. The molecule has 21 rings (SSSR count). The molecule has 0 radical (unpaired) electrons. The Labute approximate surface area is 662 Å². The molecule has 15 aromatic carbocycles. The summed E-state index contributed by atoms with van der Waals surface area (Å²) in [5, 5.41) is 0. The highest BCUT2D eigenvalue weighted by atomic mass is 16.5. The molecule has 0 unspecified atom stereocenters. The predicted molar refractivity (Wildman–Crippen MR) is 468 cm³/mol. The number of pyridine rings is 2. The van der Waals surface area contributed by atoms with Gasteiger partial charge in [0.25, 0.3) is 0 Å². The molecule has 7 nitrogen and oxygen atoms in total. The largest absolute Gasteiger partial charge is 0.438 e. The molecule has 0 saturated heterocycles. The first-order valence-corrected chi connectivity index (χ1v) is 39.1. The maximum atomic E-state index is 7.12. The van der Waals surface area contributed by atoms with Crippen LogP contribution in [0.4, 0.5) is 0 Å². The third-order valence-electron chi connectivity index (χ3n) is 23.6. The number of imidazole rings is 2. The van der Waals surface area contributed by atoms with Gasteiger partial charge >= 0.3 is 0 Å². The molecule has 0 N–H and O–H groups in total. The lowest BCUT2D eigenvalue weighted by molar-refractivity contribution is 0.403. The van der Waals surface area contributed by atoms with E-state index in [2.05, 4.69) is 406 Å². The van der Waals surface area contributed by atoms with E-state index in [-0.39, 0.29) is 5.41 Å². The minimum Gasteiger partial charge on any atom is -0.438 e. The van der Waals surface area contributed by atoms with Gasteiger partial charge in [-0.3, -0.25) is 8.97 Å². The molecule has 540 valence electrons. The molecule has 0 saturated carbocycles. The Morgan fingerprint density at radius 1 is 0.254 bits per heavy atom. The van der Waals surface area contributed by atoms with E-state index < -0.39 is 5.41 Å². The summed E-state index contributed by atoms with van der Waals surface area (Å²) in [5.74, 6) is 3.75. The van der Waals surface area contributed by atoms with E-state index in [0.29, 0.717) is 11.8 Å². The van der Waals surface area contributed by atoms with Crippen LogP contribution in [0.3, 0.4) is 0 Å². The van der Waals surface area contributed by atoms with Gasteiger partial charge < -0.3 is 9.47 Å². The summed E-state index contributed by atoms with van der Waals surface area (Å²) in [7, 11) is 0. The minimum atomic E-state index is -0.483. The Morgan fingerprint density at radius 3 is 1.18 bits per heavy atom. The smallest absolute Gasteiger partial charge is 0.223 e. The average molecular weight is 1460 g/mol. The van der Waals surface area contributed by atoms with Crippen LogP contribution < -0.4 is 9.47 Å². The predicted octanol–water partition coefficient (Wildman–Crippen LogP) is 28.1. The van der Waals surface area contributed by atoms with E-state index in [9.17, 15) is 0 Å². The van der Waals surface area contributed by atoms with E-state index in [4.69, 9.17) is 19.4 Å². The van der Waals surface area contributed by atoms with Gasteiger partial charge in [0.2, 0.25) is 17.5 Å². The van der Waals surface area contributed by atoms with Gasteiger partial charge in [-0.15, -0.1) is 0 Å². The first-order valence-electron chi connectivity index (χ1n) is 39.1. The Balaban J connectivity index is 0.626. The molecule has 0 atom stereocenters. The first kappa shape index (κ1) is 67.6. The second-order valence-corrected chi connectivity index (χ2v) is 31.0. The summed E-state index contributed by atoms with van der Waals surface area (Å²) in [4.78, 5) is 15.4. The molecule has 4 aromatic heterocycles. The van der Waals surface area contributed by atoms with Crippen molar-refractivity contribution in [2.45, 2.75) is 38.5 Å². The van der Waals surface area contributed by atoms with Crippen molar-refractivity contribution in [3.8, 4) is 162 Å². The lowest BCUT2D eigenvalue weighted by Gasteiger charge is -2.35. The number of ether oxygens (including phenoxy) is 2. The summed E-state index contributed by atoms with van der Waals surface area (Å²) >= 11 is 0. The van der Waals surface area contributed by atoms with Gasteiger partial charge in [-0.25, -0.2) is 15.0 Å². The topological polar surface area (TPSA) is 66.5 Å². The van der Waals surface area contributed by atoms with Gasteiger partial charge in [0, 0.05) is 67.9 Å². The highest BCUT2D eigenvalue weighted by Crippen LogP contribution is 2.56.